The average molecular weight is 310 g/mol. The Labute approximate surface area is 123 Å². The van der Waals surface area contributed by atoms with Crippen LogP contribution in [0.3, 0.4) is 0 Å². The minimum atomic E-state index is -3.25. The van der Waals surface area contributed by atoms with Crippen LogP contribution in [0.5, 0.6) is 0 Å². The summed E-state index contributed by atoms with van der Waals surface area (Å²) in [5.41, 5.74) is 2.46. The van der Waals surface area contributed by atoms with Gasteiger partial charge in [-0.3, -0.25) is 0 Å². The van der Waals surface area contributed by atoms with Gasteiger partial charge >= 0.3 is 0 Å². The van der Waals surface area contributed by atoms with Crippen LogP contribution in [-0.2, 0) is 16.4 Å². The quantitative estimate of drug-likeness (QED) is 0.922. The van der Waals surface area contributed by atoms with Crippen LogP contribution < -0.4 is 5.32 Å². The van der Waals surface area contributed by atoms with Crippen molar-refractivity contribution < 1.29 is 8.42 Å². The van der Waals surface area contributed by atoms with Crippen LogP contribution in [0.2, 0.25) is 0 Å². The first-order chi connectivity index (χ1) is 9.47. The standard InChI is InChI=1S/C14H18N2O2S2/c1-4-20(17,18)13-6-5-10(2)7-11(13)12-9-19-14(16-12)8-15-3/h5-7,9,15H,4,8H2,1-3H3. The Kier molecular flexibility index (Phi) is 4.57. The molecule has 1 heterocycles. The number of sulfone groups is 1. The number of nitrogens with zero attached hydrogens (tertiary/aromatic N) is 1. The highest BCUT2D eigenvalue weighted by molar-refractivity contribution is 7.91. The van der Waals surface area contributed by atoms with Gasteiger partial charge in [0.05, 0.1) is 16.3 Å². The van der Waals surface area contributed by atoms with Crippen molar-refractivity contribution in [3.05, 3.63) is 34.2 Å². The molecule has 0 spiro atoms. The number of aromatic nitrogens is 1. The second-order valence-corrected chi connectivity index (χ2v) is 7.75. The normalized spacial score (nSPS) is 11.8. The number of aryl methyl sites for hydroxylation is 1. The summed E-state index contributed by atoms with van der Waals surface area (Å²) >= 11 is 1.53. The molecular formula is C14H18N2O2S2. The van der Waals surface area contributed by atoms with Gasteiger partial charge in [0.15, 0.2) is 9.84 Å². The number of nitrogens with one attached hydrogen (secondary N) is 1. The zero-order valence-corrected chi connectivity index (χ0v) is 13.4. The van der Waals surface area contributed by atoms with E-state index >= 15 is 0 Å². The molecule has 1 aromatic heterocycles. The lowest BCUT2D eigenvalue weighted by molar-refractivity contribution is 0.597. The molecule has 1 N–H and O–H groups in total. The summed E-state index contributed by atoms with van der Waals surface area (Å²) in [6.07, 6.45) is 0. The maximum Gasteiger partial charge on any atom is 0.178 e. The van der Waals surface area contributed by atoms with E-state index in [0.717, 1.165) is 16.3 Å². The second-order valence-electron chi connectivity index (χ2n) is 4.56. The molecule has 20 heavy (non-hydrogen) atoms. The lowest BCUT2D eigenvalue weighted by Crippen LogP contribution is -2.06. The first-order valence-electron chi connectivity index (χ1n) is 6.40. The molecular weight excluding hydrogens is 292 g/mol. The first kappa shape index (κ1) is 15.2. The van der Waals surface area contributed by atoms with Crippen molar-refractivity contribution in [3.63, 3.8) is 0 Å². The Bertz CT molecular complexity index is 706. The van der Waals surface area contributed by atoms with Crippen molar-refractivity contribution in [2.75, 3.05) is 12.8 Å². The van der Waals surface area contributed by atoms with Crippen LogP contribution in [0.4, 0.5) is 0 Å². The van der Waals surface area contributed by atoms with Gasteiger partial charge in [-0.25, -0.2) is 13.4 Å². The topological polar surface area (TPSA) is 59.1 Å². The summed E-state index contributed by atoms with van der Waals surface area (Å²) < 4.78 is 24.4. The fourth-order valence-electron chi connectivity index (χ4n) is 1.94. The van der Waals surface area contributed by atoms with Crippen molar-refractivity contribution in [2.24, 2.45) is 0 Å². The van der Waals surface area contributed by atoms with Crippen LogP contribution >= 0.6 is 11.3 Å². The van der Waals surface area contributed by atoms with Gasteiger partial charge in [-0.05, 0) is 26.1 Å². The third kappa shape index (κ3) is 3.08. The zero-order valence-electron chi connectivity index (χ0n) is 11.8. The van der Waals surface area contributed by atoms with Crippen LogP contribution in [-0.4, -0.2) is 26.2 Å². The van der Waals surface area contributed by atoms with Gasteiger partial charge in [0.25, 0.3) is 0 Å². The van der Waals surface area contributed by atoms with E-state index in [1.165, 1.54) is 11.3 Å². The van der Waals surface area contributed by atoms with Gasteiger partial charge in [-0.1, -0.05) is 18.6 Å². The molecule has 2 aromatic rings. The minimum Gasteiger partial charge on any atom is -0.314 e. The van der Waals surface area contributed by atoms with Crippen molar-refractivity contribution in [3.8, 4) is 11.3 Å². The molecule has 0 aliphatic rings. The van der Waals surface area contributed by atoms with Crippen molar-refractivity contribution in [1.82, 2.24) is 10.3 Å². The summed E-state index contributed by atoms with van der Waals surface area (Å²) in [6.45, 7) is 4.30. The molecule has 0 radical (unpaired) electrons. The Morgan fingerprint density at radius 2 is 2.10 bits per heavy atom. The lowest BCUT2D eigenvalue weighted by Gasteiger charge is -2.08. The van der Waals surface area contributed by atoms with E-state index in [4.69, 9.17) is 0 Å². The fraction of sp³-hybridized carbons (Fsp3) is 0.357. The maximum absolute atomic E-state index is 12.2. The number of hydrogen-bond acceptors (Lipinski definition) is 5. The molecule has 0 aliphatic heterocycles. The molecule has 0 unspecified atom stereocenters. The maximum atomic E-state index is 12.2. The first-order valence-corrected chi connectivity index (χ1v) is 8.94. The summed E-state index contributed by atoms with van der Waals surface area (Å²) in [4.78, 5) is 4.88. The summed E-state index contributed by atoms with van der Waals surface area (Å²) in [6, 6.07) is 5.40. The SMILES string of the molecule is CCS(=O)(=O)c1ccc(C)cc1-c1csc(CNC)n1. The highest BCUT2D eigenvalue weighted by Gasteiger charge is 2.19. The van der Waals surface area contributed by atoms with E-state index in [1.807, 2.05) is 31.5 Å². The van der Waals surface area contributed by atoms with Gasteiger partial charge in [0.1, 0.15) is 5.01 Å². The number of hydrogen-bond donors (Lipinski definition) is 1. The largest absolute Gasteiger partial charge is 0.314 e. The predicted molar refractivity (Wildman–Crippen MR) is 82.8 cm³/mol. The van der Waals surface area contributed by atoms with E-state index in [1.54, 1.807) is 13.0 Å². The molecule has 0 atom stereocenters. The van der Waals surface area contributed by atoms with Crippen LogP contribution in [0.25, 0.3) is 11.3 Å². The molecule has 0 saturated carbocycles. The molecule has 6 heteroatoms. The number of thiazole rings is 1. The summed E-state index contributed by atoms with van der Waals surface area (Å²) in [7, 11) is -1.39. The molecule has 108 valence electrons. The second kappa shape index (κ2) is 6.03. The van der Waals surface area contributed by atoms with Crippen LogP contribution in [0.1, 0.15) is 17.5 Å². The number of benzene rings is 1. The fourth-order valence-corrected chi connectivity index (χ4v) is 3.83. The van der Waals surface area contributed by atoms with Crippen molar-refractivity contribution in [2.45, 2.75) is 25.3 Å². The van der Waals surface area contributed by atoms with E-state index in [-0.39, 0.29) is 5.75 Å². The molecule has 0 fully saturated rings. The smallest absolute Gasteiger partial charge is 0.178 e. The van der Waals surface area contributed by atoms with Crippen molar-refractivity contribution in [1.29, 1.82) is 0 Å². The molecule has 0 bridgehead atoms. The van der Waals surface area contributed by atoms with Gasteiger partial charge in [-0.2, -0.15) is 0 Å². The lowest BCUT2D eigenvalue weighted by atomic mass is 10.1. The predicted octanol–water partition coefficient (Wildman–Crippen LogP) is 2.63. The molecule has 1 aromatic carbocycles. The molecule has 0 aliphatic carbocycles. The molecule has 2 rings (SSSR count). The number of rotatable bonds is 5. The highest BCUT2D eigenvalue weighted by atomic mass is 32.2. The van der Waals surface area contributed by atoms with Crippen LogP contribution in [0.15, 0.2) is 28.5 Å². The zero-order chi connectivity index (χ0) is 14.8. The van der Waals surface area contributed by atoms with E-state index in [9.17, 15) is 8.42 Å². The third-order valence-electron chi connectivity index (χ3n) is 3.01. The van der Waals surface area contributed by atoms with Gasteiger partial charge < -0.3 is 5.32 Å². The average Bonchev–Trinajstić information content (AvgIpc) is 2.87. The Balaban J connectivity index is 2.57. The molecule has 4 nitrogen and oxygen atoms in total. The van der Waals surface area contributed by atoms with Gasteiger partial charge in [-0.15, -0.1) is 11.3 Å². The molecule has 0 saturated heterocycles. The Hall–Kier alpha value is -1.24. The van der Waals surface area contributed by atoms with E-state index in [0.29, 0.717) is 17.0 Å². The van der Waals surface area contributed by atoms with Crippen molar-refractivity contribution >= 4 is 21.2 Å². The van der Waals surface area contributed by atoms with E-state index < -0.39 is 9.84 Å². The van der Waals surface area contributed by atoms with Crippen LogP contribution in [0, 0.1) is 6.92 Å². The minimum absolute atomic E-state index is 0.0938. The van der Waals surface area contributed by atoms with Gasteiger partial charge in [0.2, 0.25) is 0 Å². The summed E-state index contributed by atoms with van der Waals surface area (Å²) in [5, 5.41) is 5.91. The Morgan fingerprint density at radius 1 is 1.35 bits per heavy atom. The summed E-state index contributed by atoms with van der Waals surface area (Å²) in [5.74, 6) is 0.0938. The van der Waals surface area contributed by atoms with E-state index in [2.05, 4.69) is 10.3 Å². The van der Waals surface area contributed by atoms with Gasteiger partial charge in [0, 0.05) is 17.5 Å². The third-order valence-corrected chi connectivity index (χ3v) is 5.64. The highest BCUT2D eigenvalue weighted by Crippen LogP contribution is 2.30. The molecule has 0 amide bonds. The Morgan fingerprint density at radius 3 is 2.75 bits per heavy atom. The monoisotopic (exact) mass is 310 g/mol.